The lowest BCUT2D eigenvalue weighted by Crippen LogP contribution is -2.31. The first-order chi connectivity index (χ1) is 9.65. The van der Waals surface area contributed by atoms with E-state index in [4.69, 9.17) is 5.73 Å². The van der Waals surface area contributed by atoms with Crippen LogP contribution in [0.2, 0.25) is 0 Å². The number of rotatable bonds is 6. The van der Waals surface area contributed by atoms with Gasteiger partial charge in [-0.3, -0.25) is 4.79 Å². The van der Waals surface area contributed by atoms with Gasteiger partial charge in [0.15, 0.2) is 11.5 Å². The van der Waals surface area contributed by atoms with Crippen molar-refractivity contribution in [2.45, 2.75) is 20.3 Å². The van der Waals surface area contributed by atoms with E-state index in [9.17, 15) is 4.79 Å². The summed E-state index contributed by atoms with van der Waals surface area (Å²) in [5.41, 5.74) is 6.81. The maximum Gasteiger partial charge on any atom is 0.224 e. The normalized spacial score (nSPS) is 10.7. The van der Waals surface area contributed by atoms with Crippen LogP contribution in [-0.2, 0) is 4.79 Å². The molecule has 8 nitrogen and oxygen atoms in total. The Morgan fingerprint density at radius 2 is 2.15 bits per heavy atom. The minimum absolute atomic E-state index is 0.116. The molecule has 4 N–H and O–H groups in total. The number of nitrogens with zero attached hydrogens (tertiary/aromatic N) is 4. The number of carbonyl (C=O) groups is 1. The van der Waals surface area contributed by atoms with Gasteiger partial charge in [-0.2, -0.15) is 9.97 Å². The lowest BCUT2D eigenvalue weighted by atomic mass is 10.3. The van der Waals surface area contributed by atoms with E-state index in [0.717, 1.165) is 13.1 Å². The van der Waals surface area contributed by atoms with Gasteiger partial charge < -0.3 is 20.9 Å². The Balaban J connectivity index is 1.99. The Labute approximate surface area is 116 Å². The highest BCUT2D eigenvalue weighted by Gasteiger charge is 2.11. The number of hydrogen-bond acceptors (Lipinski definition) is 6. The number of fused-ring (bicyclic) bond motifs is 1. The second kappa shape index (κ2) is 6.18. The van der Waals surface area contributed by atoms with Crippen LogP contribution in [0.15, 0.2) is 6.33 Å². The molecule has 20 heavy (non-hydrogen) atoms. The third kappa shape index (κ3) is 2.95. The molecule has 0 aliphatic rings. The molecule has 2 rings (SSSR count). The summed E-state index contributed by atoms with van der Waals surface area (Å²) in [7, 11) is 0. The number of aromatic amines is 1. The SMILES string of the molecule is CCN(CC)C(=O)CCNc1nc(N)nc2nc[nH]c12. The van der Waals surface area contributed by atoms with Gasteiger partial charge in [0, 0.05) is 26.1 Å². The van der Waals surface area contributed by atoms with Crippen molar-refractivity contribution >= 4 is 28.8 Å². The van der Waals surface area contributed by atoms with Crippen LogP contribution in [0.5, 0.6) is 0 Å². The summed E-state index contributed by atoms with van der Waals surface area (Å²) < 4.78 is 0. The number of nitrogens with one attached hydrogen (secondary N) is 2. The molecule has 0 bridgehead atoms. The number of nitrogen functional groups attached to an aromatic ring is 1. The number of nitrogens with two attached hydrogens (primary N) is 1. The number of H-pyrrole nitrogens is 1. The van der Waals surface area contributed by atoms with Gasteiger partial charge in [0.1, 0.15) is 5.52 Å². The number of anilines is 2. The van der Waals surface area contributed by atoms with Crippen molar-refractivity contribution in [2.24, 2.45) is 0 Å². The average molecular weight is 277 g/mol. The van der Waals surface area contributed by atoms with Crippen LogP contribution in [0, 0.1) is 0 Å². The van der Waals surface area contributed by atoms with Crippen molar-refractivity contribution in [3.8, 4) is 0 Å². The second-order valence-corrected chi connectivity index (χ2v) is 4.27. The summed E-state index contributed by atoms with van der Waals surface area (Å²) in [5, 5.41) is 3.10. The average Bonchev–Trinajstić information content (AvgIpc) is 2.88. The first-order valence-corrected chi connectivity index (χ1v) is 6.64. The van der Waals surface area contributed by atoms with Crippen LogP contribution < -0.4 is 11.1 Å². The van der Waals surface area contributed by atoms with Gasteiger partial charge in [0.05, 0.1) is 6.33 Å². The summed E-state index contributed by atoms with van der Waals surface area (Å²) in [6, 6.07) is 0. The second-order valence-electron chi connectivity index (χ2n) is 4.27. The van der Waals surface area contributed by atoms with E-state index in [-0.39, 0.29) is 11.9 Å². The fourth-order valence-corrected chi connectivity index (χ4v) is 2.00. The Hall–Kier alpha value is -2.38. The summed E-state index contributed by atoms with van der Waals surface area (Å²) in [6.45, 7) is 5.86. The zero-order valence-corrected chi connectivity index (χ0v) is 11.7. The maximum atomic E-state index is 11.9. The van der Waals surface area contributed by atoms with Crippen LogP contribution in [0.25, 0.3) is 11.2 Å². The van der Waals surface area contributed by atoms with Crippen LogP contribution >= 0.6 is 0 Å². The number of aromatic nitrogens is 4. The zero-order chi connectivity index (χ0) is 14.5. The Morgan fingerprint density at radius 1 is 1.40 bits per heavy atom. The van der Waals surface area contributed by atoms with Gasteiger partial charge in [-0.25, -0.2) is 4.98 Å². The van der Waals surface area contributed by atoms with E-state index in [1.165, 1.54) is 6.33 Å². The number of hydrogen-bond donors (Lipinski definition) is 3. The van der Waals surface area contributed by atoms with Crippen LogP contribution in [0.1, 0.15) is 20.3 Å². The first kappa shape index (κ1) is 14.0. The van der Waals surface area contributed by atoms with Crippen molar-refractivity contribution in [1.82, 2.24) is 24.8 Å². The molecule has 2 heterocycles. The molecule has 2 aromatic heterocycles. The van der Waals surface area contributed by atoms with Gasteiger partial charge >= 0.3 is 0 Å². The van der Waals surface area contributed by atoms with Gasteiger partial charge in [-0.15, -0.1) is 0 Å². The Kier molecular flexibility index (Phi) is 4.34. The fourth-order valence-electron chi connectivity index (χ4n) is 2.00. The van der Waals surface area contributed by atoms with E-state index >= 15 is 0 Å². The van der Waals surface area contributed by atoms with Crippen molar-refractivity contribution in [3.05, 3.63) is 6.33 Å². The molecule has 2 aromatic rings. The Morgan fingerprint density at radius 3 is 2.85 bits per heavy atom. The molecule has 108 valence electrons. The molecule has 1 amide bonds. The lowest BCUT2D eigenvalue weighted by Gasteiger charge is -2.18. The Bertz CT molecular complexity index is 591. The highest BCUT2D eigenvalue weighted by Crippen LogP contribution is 2.17. The number of amides is 1. The molecule has 0 unspecified atom stereocenters. The predicted molar refractivity (Wildman–Crippen MR) is 77.1 cm³/mol. The monoisotopic (exact) mass is 277 g/mol. The van der Waals surface area contributed by atoms with Gasteiger partial charge in [0.2, 0.25) is 11.9 Å². The molecular formula is C12H19N7O. The molecule has 0 atom stereocenters. The van der Waals surface area contributed by atoms with E-state index in [1.54, 1.807) is 4.90 Å². The predicted octanol–water partition coefficient (Wildman–Crippen LogP) is 0.606. The van der Waals surface area contributed by atoms with Crippen molar-refractivity contribution < 1.29 is 4.79 Å². The highest BCUT2D eigenvalue weighted by molar-refractivity contribution is 5.84. The van der Waals surface area contributed by atoms with E-state index in [2.05, 4.69) is 25.3 Å². The third-order valence-corrected chi connectivity index (χ3v) is 3.05. The van der Waals surface area contributed by atoms with Gasteiger partial charge in [-0.05, 0) is 13.8 Å². The molecule has 0 saturated heterocycles. The van der Waals surface area contributed by atoms with Crippen LogP contribution in [-0.4, -0.2) is 50.4 Å². The van der Waals surface area contributed by atoms with Crippen molar-refractivity contribution in [3.63, 3.8) is 0 Å². The number of imidazole rings is 1. The van der Waals surface area contributed by atoms with E-state index < -0.39 is 0 Å². The van der Waals surface area contributed by atoms with Crippen LogP contribution in [0.3, 0.4) is 0 Å². The topological polar surface area (TPSA) is 113 Å². The quantitative estimate of drug-likeness (QED) is 0.713. The molecular weight excluding hydrogens is 258 g/mol. The highest BCUT2D eigenvalue weighted by atomic mass is 16.2. The molecule has 0 fully saturated rings. The largest absolute Gasteiger partial charge is 0.368 e. The molecule has 0 saturated carbocycles. The summed E-state index contributed by atoms with van der Waals surface area (Å²) in [4.78, 5) is 28.8. The molecule has 0 spiro atoms. The molecule has 0 aliphatic carbocycles. The third-order valence-electron chi connectivity index (χ3n) is 3.05. The number of carbonyl (C=O) groups excluding carboxylic acids is 1. The van der Waals surface area contributed by atoms with E-state index in [1.807, 2.05) is 13.8 Å². The molecule has 0 aliphatic heterocycles. The lowest BCUT2D eigenvalue weighted by molar-refractivity contribution is -0.130. The van der Waals surface area contributed by atoms with Gasteiger partial charge in [0.25, 0.3) is 0 Å². The molecule has 0 radical (unpaired) electrons. The van der Waals surface area contributed by atoms with Gasteiger partial charge in [-0.1, -0.05) is 0 Å². The zero-order valence-electron chi connectivity index (χ0n) is 11.7. The van der Waals surface area contributed by atoms with E-state index in [0.29, 0.717) is 29.9 Å². The minimum Gasteiger partial charge on any atom is -0.368 e. The standard InChI is InChI=1S/C12H19N7O/c1-3-19(4-2)8(20)5-6-14-10-9-11(16-7-15-9)18-12(13)17-10/h7H,3-6H2,1-2H3,(H4,13,14,15,16,17,18). The van der Waals surface area contributed by atoms with Crippen molar-refractivity contribution in [2.75, 3.05) is 30.7 Å². The summed E-state index contributed by atoms with van der Waals surface area (Å²) in [6.07, 6.45) is 1.94. The summed E-state index contributed by atoms with van der Waals surface area (Å²) >= 11 is 0. The smallest absolute Gasteiger partial charge is 0.224 e. The molecule has 0 aromatic carbocycles. The first-order valence-electron chi connectivity index (χ1n) is 6.64. The fraction of sp³-hybridized carbons (Fsp3) is 0.500. The van der Waals surface area contributed by atoms with Crippen molar-refractivity contribution in [1.29, 1.82) is 0 Å². The minimum atomic E-state index is 0.116. The van der Waals surface area contributed by atoms with Crippen LogP contribution in [0.4, 0.5) is 11.8 Å². The maximum absolute atomic E-state index is 11.9. The summed E-state index contributed by atoms with van der Waals surface area (Å²) in [5.74, 6) is 0.838. The molecule has 8 heteroatoms.